The van der Waals surface area contributed by atoms with E-state index in [-0.39, 0.29) is 29.1 Å². The molecule has 6 rings (SSSR count). The molecule has 1 saturated heterocycles. The van der Waals surface area contributed by atoms with Gasteiger partial charge in [0.2, 0.25) is 0 Å². The highest BCUT2D eigenvalue weighted by Crippen LogP contribution is 2.48. The second kappa shape index (κ2) is 15.0. The number of carbonyl (C=O) groups excluding carboxylic acids is 1. The molecule has 3 aliphatic rings. The van der Waals surface area contributed by atoms with E-state index in [0.717, 1.165) is 51.9 Å². The summed E-state index contributed by atoms with van der Waals surface area (Å²) in [7, 11) is 0. The number of esters is 1. The first-order valence-corrected chi connectivity index (χ1v) is 17.7. The minimum Gasteiger partial charge on any atom is -0.478 e. The Hall–Kier alpha value is -3.48. The molecular weight excluding hydrogens is 572 g/mol. The third kappa shape index (κ3) is 6.79. The van der Waals surface area contributed by atoms with E-state index in [1.165, 1.54) is 60.4 Å². The van der Waals surface area contributed by atoms with Crippen LogP contribution in [0.25, 0.3) is 0 Å². The van der Waals surface area contributed by atoms with E-state index in [4.69, 9.17) is 4.74 Å². The normalized spacial score (nSPS) is 24.4. The third-order valence-electron chi connectivity index (χ3n) is 11.0. The van der Waals surface area contributed by atoms with Crippen molar-refractivity contribution in [3.8, 4) is 0 Å². The number of nitrogens with zero attached hydrogens (tertiary/aromatic N) is 2. The van der Waals surface area contributed by atoms with Crippen molar-refractivity contribution in [2.24, 2.45) is 11.8 Å². The summed E-state index contributed by atoms with van der Waals surface area (Å²) in [5.41, 5.74) is 5.54. The minimum atomic E-state index is -1.11. The van der Waals surface area contributed by atoms with Crippen molar-refractivity contribution in [1.29, 1.82) is 0 Å². The zero-order chi connectivity index (χ0) is 32.0. The van der Waals surface area contributed by atoms with Crippen LogP contribution in [0.4, 0.5) is 0 Å². The van der Waals surface area contributed by atoms with Gasteiger partial charge in [0.05, 0.1) is 17.2 Å². The van der Waals surface area contributed by atoms with E-state index < -0.39 is 18.0 Å². The fraction of sp³-hybridized carbons (Fsp3) is 0.500. The molecule has 0 aliphatic carbocycles. The molecule has 3 heterocycles. The van der Waals surface area contributed by atoms with Crippen LogP contribution in [0.1, 0.15) is 114 Å². The van der Waals surface area contributed by atoms with Crippen LogP contribution in [0.15, 0.2) is 72.8 Å². The van der Waals surface area contributed by atoms with Gasteiger partial charge in [0.1, 0.15) is 6.10 Å². The van der Waals surface area contributed by atoms with Crippen LogP contribution in [0, 0.1) is 11.8 Å². The molecule has 3 aromatic carbocycles. The SMILES string of the molecule is CCCCCCCN1CCc2ccccc2[C@H]1C[C@H]1C(OC(=O)c2ccccc2C(=O)O)[C@H]2c3ccccc3CCN2C[C@@H]1CC. The number of carboxylic acids is 1. The average molecular weight is 623 g/mol. The summed E-state index contributed by atoms with van der Waals surface area (Å²) in [5, 5.41) is 9.91. The highest BCUT2D eigenvalue weighted by atomic mass is 16.5. The molecule has 1 unspecified atom stereocenters. The summed E-state index contributed by atoms with van der Waals surface area (Å²) in [6, 6.07) is 24.2. The number of rotatable bonds is 12. The van der Waals surface area contributed by atoms with Gasteiger partial charge in [-0.3, -0.25) is 9.80 Å². The van der Waals surface area contributed by atoms with Crippen LogP contribution in [0.5, 0.6) is 0 Å². The van der Waals surface area contributed by atoms with Crippen LogP contribution < -0.4 is 0 Å². The third-order valence-corrected chi connectivity index (χ3v) is 11.0. The first kappa shape index (κ1) is 32.5. The summed E-state index contributed by atoms with van der Waals surface area (Å²) >= 11 is 0. The Morgan fingerprint density at radius 3 is 2.20 bits per heavy atom. The maximum absolute atomic E-state index is 14.0. The predicted octanol–water partition coefficient (Wildman–Crippen LogP) is 8.13. The highest BCUT2D eigenvalue weighted by Gasteiger charge is 2.49. The van der Waals surface area contributed by atoms with Crippen LogP contribution in [-0.2, 0) is 17.6 Å². The molecule has 0 bridgehead atoms. The Labute approximate surface area is 274 Å². The summed E-state index contributed by atoms with van der Waals surface area (Å²) in [6.45, 7) is 8.58. The second-order valence-corrected chi connectivity index (χ2v) is 13.6. The van der Waals surface area contributed by atoms with Crippen molar-refractivity contribution in [2.45, 2.75) is 89.8 Å². The topological polar surface area (TPSA) is 70.1 Å². The van der Waals surface area contributed by atoms with Gasteiger partial charge in [-0.2, -0.15) is 0 Å². The molecule has 0 amide bonds. The molecule has 1 fully saturated rings. The van der Waals surface area contributed by atoms with E-state index in [0.29, 0.717) is 5.92 Å². The van der Waals surface area contributed by atoms with Crippen LogP contribution in [0.3, 0.4) is 0 Å². The van der Waals surface area contributed by atoms with Gasteiger partial charge in [0.25, 0.3) is 0 Å². The lowest BCUT2D eigenvalue weighted by atomic mass is 9.70. The fourth-order valence-electron chi connectivity index (χ4n) is 8.55. The fourth-order valence-corrected chi connectivity index (χ4v) is 8.55. The number of aromatic carboxylic acids is 1. The van der Waals surface area contributed by atoms with Gasteiger partial charge in [-0.1, -0.05) is 107 Å². The lowest BCUT2D eigenvalue weighted by Gasteiger charge is -2.52. The number of carbonyl (C=O) groups is 2. The molecule has 1 N–H and O–H groups in total. The summed E-state index contributed by atoms with van der Waals surface area (Å²) in [4.78, 5) is 31.4. The number of piperidine rings is 1. The van der Waals surface area contributed by atoms with Crippen molar-refractivity contribution in [2.75, 3.05) is 26.2 Å². The molecule has 3 aliphatic heterocycles. The monoisotopic (exact) mass is 622 g/mol. The van der Waals surface area contributed by atoms with E-state index in [1.807, 2.05) is 0 Å². The Balaban J connectivity index is 1.38. The molecule has 6 heteroatoms. The Morgan fingerprint density at radius 2 is 1.46 bits per heavy atom. The van der Waals surface area contributed by atoms with Gasteiger partial charge in [-0.05, 0) is 72.5 Å². The maximum atomic E-state index is 14.0. The number of fused-ring (bicyclic) bond motifs is 4. The molecule has 0 spiro atoms. The molecule has 5 atom stereocenters. The van der Waals surface area contributed by atoms with Gasteiger partial charge >= 0.3 is 11.9 Å². The molecule has 0 aromatic heterocycles. The van der Waals surface area contributed by atoms with Gasteiger partial charge in [0.15, 0.2) is 0 Å². The van der Waals surface area contributed by atoms with Gasteiger partial charge in [-0.25, -0.2) is 9.59 Å². The largest absolute Gasteiger partial charge is 0.478 e. The number of unbranched alkanes of at least 4 members (excludes halogenated alkanes) is 4. The zero-order valence-corrected chi connectivity index (χ0v) is 27.6. The summed E-state index contributed by atoms with van der Waals surface area (Å²) in [6.07, 6.45) is 9.87. The molecule has 0 saturated carbocycles. The Kier molecular flexibility index (Phi) is 10.6. The van der Waals surface area contributed by atoms with E-state index in [2.05, 4.69) is 72.2 Å². The first-order valence-electron chi connectivity index (χ1n) is 17.7. The van der Waals surface area contributed by atoms with E-state index in [9.17, 15) is 14.7 Å². The smallest absolute Gasteiger partial charge is 0.339 e. The van der Waals surface area contributed by atoms with Crippen molar-refractivity contribution in [1.82, 2.24) is 9.80 Å². The summed E-state index contributed by atoms with van der Waals surface area (Å²) < 4.78 is 6.67. The molecule has 0 radical (unpaired) electrons. The average Bonchev–Trinajstić information content (AvgIpc) is 3.09. The van der Waals surface area contributed by atoms with E-state index >= 15 is 0 Å². The number of hydrogen-bond donors (Lipinski definition) is 1. The molecule has 244 valence electrons. The van der Waals surface area contributed by atoms with Crippen molar-refractivity contribution in [3.05, 3.63) is 106 Å². The first-order chi connectivity index (χ1) is 22.5. The van der Waals surface area contributed by atoms with Crippen molar-refractivity contribution >= 4 is 11.9 Å². The Morgan fingerprint density at radius 1 is 0.804 bits per heavy atom. The quantitative estimate of drug-likeness (QED) is 0.163. The standard InChI is InChI=1S/C40H50N2O4/c1-3-5-6-7-14-23-41-24-21-29-15-8-10-17-31(29)36(41)26-35-28(4-2)27-42-25-22-30-16-9-11-18-32(30)37(42)38(35)46-40(45)34-20-13-12-19-33(34)39(43)44/h8-13,15-20,28,35-38H,3-7,14,21-27H2,1-2H3,(H,43,44)/t28-,35+,36+,37+,38?/m0/s1. The van der Waals surface area contributed by atoms with Gasteiger partial charge in [0, 0.05) is 31.6 Å². The number of benzene rings is 3. The van der Waals surface area contributed by atoms with Crippen LogP contribution in [-0.4, -0.2) is 59.1 Å². The van der Waals surface area contributed by atoms with Crippen LogP contribution >= 0.6 is 0 Å². The van der Waals surface area contributed by atoms with Crippen LogP contribution in [0.2, 0.25) is 0 Å². The molecule has 6 nitrogen and oxygen atoms in total. The van der Waals surface area contributed by atoms with E-state index in [1.54, 1.807) is 18.2 Å². The maximum Gasteiger partial charge on any atom is 0.339 e. The number of carboxylic acid groups (broad SMARTS) is 1. The minimum absolute atomic E-state index is 0.0109. The molecule has 46 heavy (non-hydrogen) atoms. The van der Waals surface area contributed by atoms with Gasteiger partial charge < -0.3 is 9.84 Å². The van der Waals surface area contributed by atoms with Crippen molar-refractivity contribution in [3.63, 3.8) is 0 Å². The number of ether oxygens (including phenoxy) is 1. The second-order valence-electron chi connectivity index (χ2n) is 13.6. The summed E-state index contributed by atoms with van der Waals surface area (Å²) in [5.74, 6) is -1.17. The zero-order valence-electron chi connectivity index (χ0n) is 27.6. The highest BCUT2D eigenvalue weighted by molar-refractivity contribution is 6.02. The van der Waals surface area contributed by atoms with Gasteiger partial charge in [-0.15, -0.1) is 0 Å². The molecular formula is C40H50N2O4. The Bertz CT molecular complexity index is 1500. The lowest BCUT2D eigenvalue weighted by molar-refractivity contribution is -0.0896. The van der Waals surface area contributed by atoms with Crippen molar-refractivity contribution < 1.29 is 19.4 Å². The predicted molar refractivity (Wildman–Crippen MR) is 182 cm³/mol. The lowest BCUT2D eigenvalue weighted by Crippen LogP contribution is -2.55. The molecule has 3 aromatic rings. The number of hydrogen-bond acceptors (Lipinski definition) is 5.